The smallest absolute Gasteiger partial charge is 0.295 e. The van der Waals surface area contributed by atoms with Crippen LogP contribution in [0.3, 0.4) is 0 Å². The van der Waals surface area contributed by atoms with Crippen molar-refractivity contribution < 1.29 is 14.7 Å². The Morgan fingerprint density at radius 2 is 1.78 bits per heavy atom. The maximum absolute atomic E-state index is 13.4. The van der Waals surface area contributed by atoms with E-state index in [-0.39, 0.29) is 11.3 Å². The summed E-state index contributed by atoms with van der Waals surface area (Å²) in [6.07, 6.45) is 2.54. The summed E-state index contributed by atoms with van der Waals surface area (Å²) < 4.78 is 1.76. The summed E-state index contributed by atoms with van der Waals surface area (Å²) in [6, 6.07) is 12.9. The number of aromatic nitrogens is 2. The lowest BCUT2D eigenvalue weighted by Gasteiger charge is -2.27. The number of hydrogen-bond donors (Lipinski definition) is 1. The third-order valence-corrected chi connectivity index (χ3v) is 7.16. The number of ketones is 1. The maximum Gasteiger partial charge on any atom is 0.295 e. The van der Waals surface area contributed by atoms with Crippen LogP contribution in [0.15, 0.2) is 54.2 Å². The van der Waals surface area contributed by atoms with Gasteiger partial charge in [-0.1, -0.05) is 58.0 Å². The highest BCUT2D eigenvalue weighted by Crippen LogP contribution is 2.40. The minimum absolute atomic E-state index is 0.119. The third kappa shape index (κ3) is 4.67. The second-order valence-corrected chi connectivity index (χ2v) is 9.67. The number of carbonyl (C=O) groups is 2. The van der Waals surface area contributed by atoms with Gasteiger partial charge in [-0.2, -0.15) is 0 Å². The molecule has 0 spiro atoms. The van der Waals surface area contributed by atoms with Gasteiger partial charge in [0.15, 0.2) is 5.76 Å². The number of Topliss-reactive ketones (excluding diaryl/α,β-unsaturated/α-hetero) is 1. The fourth-order valence-corrected chi connectivity index (χ4v) is 5.05. The van der Waals surface area contributed by atoms with Crippen molar-refractivity contribution >= 4 is 23.1 Å². The zero-order valence-electron chi connectivity index (χ0n) is 21.9. The standard InChI is InChI=1S/C29H36N4O3/c1-6-31(7-2)16-10-18-33-26(22-14-12-21(13-15-22)19(3)4)24(28(35)29(33)36)27(34)25-20(5)30-23-11-8-9-17-32(23)25/h8-9,11-15,17,19,26,34H,6-7,10,16,18H2,1-5H3/b27-24+/t26-/m1/s1. The van der Waals surface area contributed by atoms with Gasteiger partial charge in [0.1, 0.15) is 11.3 Å². The molecule has 0 bridgehead atoms. The molecule has 1 aliphatic rings. The zero-order chi connectivity index (χ0) is 26.0. The van der Waals surface area contributed by atoms with Gasteiger partial charge in [-0.3, -0.25) is 14.0 Å². The molecule has 1 saturated heterocycles. The molecule has 0 aliphatic carbocycles. The van der Waals surface area contributed by atoms with Crippen molar-refractivity contribution in [3.05, 3.63) is 76.7 Å². The first-order valence-electron chi connectivity index (χ1n) is 12.8. The summed E-state index contributed by atoms with van der Waals surface area (Å²) in [7, 11) is 0. The number of amides is 1. The number of rotatable bonds is 9. The second kappa shape index (κ2) is 10.7. The Morgan fingerprint density at radius 3 is 2.42 bits per heavy atom. The first-order chi connectivity index (χ1) is 17.3. The van der Waals surface area contributed by atoms with Crippen molar-refractivity contribution in [2.45, 2.75) is 53.0 Å². The van der Waals surface area contributed by atoms with E-state index in [4.69, 9.17) is 0 Å². The van der Waals surface area contributed by atoms with Crippen molar-refractivity contribution in [1.29, 1.82) is 0 Å². The van der Waals surface area contributed by atoms with Gasteiger partial charge in [-0.05, 0) is 62.2 Å². The third-order valence-electron chi connectivity index (χ3n) is 7.16. The Bertz CT molecular complexity index is 1290. The van der Waals surface area contributed by atoms with E-state index in [0.717, 1.165) is 31.6 Å². The molecule has 190 valence electrons. The summed E-state index contributed by atoms with van der Waals surface area (Å²) in [4.78, 5) is 35.2. The predicted octanol–water partition coefficient (Wildman–Crippen LogP) is 4.92. The van der Waals surface area contributed by atoms with Crippen LogP contribution in [0.25, 0.3) is 11.4 Å². The Labute approximate surface area is 213 Å². The summed E-state index contributed by atoms with van der Waals surface area (Å²) in [5.74, 6) is -1.05. The number of pyridine rings is 1. The quantitative estimate of drug-likeness (QED) is 0.263. The number of nitrogens with zero attached hydrogens (tertiary/aromatic N) is 4. The number of aliphatic hydroxyl groups is 1. The molecule has 1 N–H and O–H groups in total. The van der Waals surface area contributed by atoms with Gasteiger partial charge < -0.3 is 14.9 Å². The predicted molar refractivity (Wildman–Crippen MR) is 142 cm³/mol. The number of hydrogen-bond acceptors (Lipinski definition) is 5. The van der Waals surface area contributed by atoms with E-state index in [9.17, 15) is 14.7 Å². The lowest BCUT2D eigenvalue weighted by Crippen LogP contribution is -2.33. The Kier molecular flexibility index (Phi) is 7.59. The summed E-state index contributed by atoms with van der Waals surface area (Å²) in [5, 5.41) is 11.6. The van der Waals surface area contributed by atoms with Crippen LogP contribution in [-0.2, 0) is 9.59 Å². The highest BCUT2D eigenvalue weighted by atomic mass is 16.3. The van der Waals surface area contributed by atoms with E-state index >= 15 is 0 Å². The molecule has 0 radical (unpaired) electrons. The molecule has 1 fully saturated rings. The van der Waals surface area contributed by atoms with Gasteiger partial charge in [-0.15, -0.1) is 0 Å². The van der Waals surface area contributed by atoms with Crippen LogP contribution < -0.4 is 0 Å². The van der Waals surface area contributed by atoms with E-state index in [2.05, 4.69) is 37.6 Å². The van der Waals surface area contributed by atoms with Crippen LogP contribution in [0.2, 0.25) is 0 Å². The number of likely N-dealkylation sites (tertiary alicyclic amines) is 1. The van der Waals surface area contributed by atoms with Gasteiger partial charge in [0.05, 0.1) is 17.3 Å². The van der Waals surface area contributed by atoms with E-state index in [1.165, 1.54) is 5.56 Å². The van der Waals surface area contributed by atoms with Crippen LogP contribution in [0.5, 0.6) is 0 Å². The molecule has 0 unspecified atom stereocenters. The van der Waals surface area contributed by atoms with Gasteiger partial charge in [-0.25, -0.2) is 4.98 Å². The van der Waals surface area contributed by atoms with Crippen molar-refractivity contribution in [1.82, 2.24) is 19.2 Å². The molecule has 1 atom stereocenters. The first kappa shape index (κ1) is 25.6. The summed E-state index contributed by atoms with van der Waals surface area (Å²) in [5.41, 5.74) is 3.82. The number of imidazole rings is 1. The minimum atomic E-state index is -0.656. The number of aryl methyl sites for hydroxylation is 1. The molecule has 36 heavy (non-hydrogen) atoms. The lowest BCUT2D eigenvalue weighted by atomic mass is 9.93. The zero-order valence-corrected chi connectivity index (χ0v) is 21.9. The number of carbonyl (C=O) groups excluding carboxylic acids is 2. The van der Waals surface area contributed by atoms with Gasteiger partial charge in [0.25, 0.3) is 11.7 Å². The number of aliphatic hydroxyl groups excluding tert-OH is 1. The SMILES string of the molecule is CCN(CC)CCCN1C(=O)C(=O)/C(=C(/O)c2c(C)nc3ccccn23)[C@H]1c1ccc(C(C)C)cc1. The van der Waals surface area contributed by atoms with Crippen molar-refractivity contribution in [2.75, 3.05) is 26.2 Å². The van der Waals surface area contributed by atoms with Crippen LogP contribution in [0, 0.1) is 6.92 Å². The van der Waals surface area contributed by atoms with E-state index in [0.29, 0.717) is 29.5 Å². The molecule has 3 aromatic rings. The normalized spacial score (nSPS) is 17.8. The summed E-state index contributed by atoms with van der Waals surface area (Å²) >= 11 is 0. The minimum Gasteiger partial charge on any atom is -0.505 e. The topological polar surface area (TPSA) is 78.2 Å². The molecule has 7 heteroatoms. The van der Waals surface area contributed by atoms with Gasteiger partial charge in [0.2, 0.25) is 0 Å². The van der Waals surface area contributed by atoms with Crippen LogP contribution in [-0.4, -0.2) is 62.2 Å². The second-order valence-electron chi connectivity index (χ2n) is 9.67. The van der Waals surface area contributed by atoms with Crippen LogP contribution >= 0.6 is 0 Å². The van der Waals surface area contributed by atoms with Crippen molar-refractivity contribution in [3.8, 4) is 0 Å². The Balaban J connectivity index is 1.82. The number of benzene rings is 1. The van der Waals surface area contributed by atoms with E-state index in [1.807, 2.05) is 42.5 Å². The summed E-state index contributed by atoms with van der Waals surface area (Å²) in [6.45, 7) is 13.4. The molecule has 1 amide bonds. The molecule has 7 nitrogen and oxygen atoms in total. The highest BCUT2D eigenvalue weighted by molar-refractivity contribution is 6.46. The molecule has 1 aromatic carbocycles. The Hall–Kier alpha value is -3.45. The fourth-order valence-electron chi connectivity index (χ4n) is 5.05. The monoisotopic (exact) mass is 488 g/mol. The van der Waals surface area contributed by atoms with Gasteiger partial charge >= 0.3 is 0 Å². The number of fused-ring (bicyclic) bond motifs is 1. The van der Waals surface area contributed by atoms with E-state index < -0.39 is 17.7 Å². The maximum atomic E-state index is 13.4. The molecule has 3 heterocycles. The molecule has 2 aromatic heterocycles. The fraction of sp³-hybridized carbons (Fsp3) is 0.414. The van der Waals surface area contributed by atoms with Gasteiger partial charge in [0, 0.05) is 12.7 Å². The first-order valence-corrected chi connectivity index (χ1v) is 12.8. The average Bonchev–Trinajstić information content (AvgIpc) is 3.34. The average molecular weight is 489 g/mol. The molecule has 1 aliphatic heterocycles. The molecule has 4 rings (SSSR count). The van der Waals surface area contributed by atoms with E-state index in [1.54, 1.807) is 22.4 Å². The van der Waals surface area contributed by atoms with Crippen molar-refractivity contribution in [2.24, 2.45) is 0 Å². The molecule has 0 saturated carbocycles. The molecular weight excluding hydrogens is 452 g/mol. The Morgan fingerprint density at radius 1 is 1.08 bits per heavy atom. The van der Waals surface area contributed by atoms with Crippen LogP contribution in [0.1, 0.15) is 68.6 Å². The van der Waals surface area contributed by atoms with Crippen LogP contribution in [0.4, 0.5) is 0 Å². The highest BCUT2D eigenvalue weighted by Gasteiger charge is 2.46. The largest absolute Gasteiger partial charge is 0.505 e. The molecular formula is C29H36N4O3. The lowest BCUT2D eigenvalue weighted by molar-refractivity contribution is -0.140. The van der Waals surface area contributed by atoms with Crippen molar-refractivity contribution in [3.63, 3.8) is 0 Å².